The minimum atomic E-state index is -0.164. The predicted molar refractivity (Wildman–Crippen MR) is 89.8 cm³/mol. The molecule has 24 heavy (non-hydrogen) atoms. The number of aryl methyl sites for hydroxylation is 1. The monoisotopic (exact) mass is 325 g/mol. The third-order valence-corrected chi connectivity index (χ3v) is 3.62. The number of ether oxygens (including phenoxy) is 1. The first-order valence-electron chi connectivity index (χ1n) is 7.72. The molecule has 2 heterocycles. The van der Waals surface area contributed by atoms with E-state index in [9.17, 15) is 4.79 Å². The van der Waals surface area contributed by atoms with Crippen LogP contribution in [0.3, 0.4) is 0 Å². The van der Waals surface area contributed by atoms with E-state index in [0.717, 1.165) is 30.0 Å². The molecule has 0 spiro atoms. The van der Waals surface area contributed by atoms with Gasteiger partial charge in [-0.15, -0.1) is 0 Å². The van der Waals surface area contributed by atoms with Gasteiger partial charge in [0, 0.05) is 31.0 Å². The van der Waals surface area contributed by atoms with Gasteiger partial charge in [-0.2, -0.15) is 10.2 Å². The van der Waals surface area contributed by atoms with Gasteiger partial charge in [0.05, 0.1) is 12.8 Å². The number of nitrogens with one attached hydrogen (secondary N) is 2. The lowest BCUT2D eigenvalue weighted by atomic mass is 10.1. The van der Waals surface area contributed by atoms with E-state index < -0.39 is 0 Å². The number of rotatable bonds is 7. The maximum Gasteiger partial charge on any atom is 0.269 e. The smallest absolute Gasteiger partial charge is 0.269 e. The van der Waals surface area contributed by atoms with Crippen LogP contribution >= 0.6 is 0 Å². The van der Waals surface area contributed by atoms with Crippen molar-refractivity contribution < 1.29 is 9.53 Å². The normalized spacial score (nSPS) is 10.5. The van der Waals surface area contributed by atoms with Gasteiger partial charge in [0.2, 0.25) is 0 Å². The van der Waals surface area contributed by atoms with Gasteiger partial charge in [0.1, 0.15) is 11.4 Å². The third-order valence-electron chi connectivity index (χ3n) is 3.62. The molecule has 124 valence electrons. The molecule has 2 aromatic heterocycles. The van der Waals surface area contributed by atoms with E-state index in [1.807, 2.05) is 41.2 Å². The number of methoxy groups -OCH3 is 1. The van der Waals surface area contributed by atoms with Crippen LogP contribution in [0.1, 0.15) is 16.9 Å². The molecule has 0 radical (unpaired) electrons. The van der Waals surface area contributed by atoms with Crippen LogP contribution in [0.5, 0.6) is 5.75 Å². The second-order valence-corrected chi connectivity index (χ2v) is 5.27. The molecule has 3 rings (SSSR count). The number of carbonyl (C=O) groups excluding carboxylic acids is 1. The van der Waals surface area contributed by atoms with Crippen molar-refractivity contribution in [1.82, 2.24) is 25.3 Å². The lowest BCUT2D eigenvalue weighted by molar-refractivity contribution is 0.0947. The van der Waals surface area contributed by atoms with E-state index in [-0.39, 0.29) is 5.91 Å². The Balaban J connectivity index is 1.53. The van der Waals surface area contributed by atoms with Crippen molar-refractivity contribution in [2.45, 2.75) is 13.0 Å². The van der Waals surface area contributed by atoms with Crippen LogP contribution < -0.4 is 10.1 Å². The van der Waals surface area contributed by atoms with E-state index in [4.69, 9.17) is 4.74 Å². The zero-order valence-corrected chi connectivity index (χ0v) is 13.4. The summed E-state index contributed by atoms with van der Waals surface area (Å²) in [5.41, 5.74) is 2.09. The first kappa shape index (κ1) is 15.8. The van der Waals surface area contributed by atoms with Gasteiger partial charge in [0.25, 0.3) is 5.91 Å². The van der Waals surface area contributed by atoms with E-state index in [0.29, 0.717) is 12.2 Å². The minimum absolute atomic E-state index is 0.164. The minimum Gasteiger partial charge on any atom is -0.497 e. The van der Waals surface area contributed by atoms with E-state index in [2.05, 4.69) is 20.6 Å². The molecular formula is C17H19N5O2. The number of benzene rings is 1. The summed E-state index contributed by atoms with van der Waals surface area (Å²) >= 11 is 0. The molecule has 0 unspecified atom stereocenters. The number of H-pyrrole nitrogens is 1. The molecule has 0 fully saturated rings. The number of aromatic nitrogens is 4. The van der Waals surface area contributed by atoms with Crippen molar-refractivity contribution >= 4 is 5.91 Å². The van der Waals surface area contributed by atoms with Gasteiger partial charge in [-0.3, -0.25) is 14.6 Å². The third kappa shape index (κ3) is 3.81. The summed E-state index contributed by atoms with van der Waals surface area (Å²) in [7, 11) is 1.62. The van der Waals surface area contributed by atoms with E-state index in [1.54, 1.807) is 19.4 Å². The van der Waals surface area contributed by atoms with Crippen LogP contribution in [0, 0.1) is 0 Å². The van der Waals surface area contributed by atoms with Gasteiger partial charge < -0.3 is 10.1 Å². The van der Waals surface area contributed by atoms with Gasteiger partial charge in [0.15, 0.2) is 0 Å². The maximum atomic E-state index is 12.1. The summed E-state index contributed by atoms with van der Waals surface area (Å²) in [6.45, 7) is 1.35. The highest BCUT2D eigenvalue weighted by Gasteiger charge is 2.10. The quantitative estimate of drug-likeness (QED) is 0.652. The van der Waals surface area contributed by atoms with Crippen molar-refractivity contribution in [2.24, 2.45) is 0 Å². The summed E-state index contributed by atoms with van der Waals surface area (Å²) < 4.78 is 6.97. The molecular weight excluding hydrogens is 306 g/mol. The molecule has 3 aromatic rings. The van der Waals surface area contributed by atoms with E-state index >= 15 is 0 Å². The first-order valence-corrected chi connectivity index (χ1v) is 7.72. The highest BCUT2D eigenvalue weighted by Crippen LogP contribution is 2.21. The molecule has 0 atom stereocenters. The molecule has 0 aliphatic rings. The Morgan fingerprint density at radius 1 is 1.33 bits per heavy atom. The number of amides is 1. The second-order valence-electron chi connectivity index (χ2n) is 5.27. The van der Waals surface area contributed by atoms with Gasteiger partial charge in [-0.1, -0.05) is 0 Å². The molecule has 7 nitrogen and oxygen atoms in total. The van der Waals surface area contributed by atoms with Crippen LogP contribution in [-0.2, 0) is 6.54 Å². The lowest BCUT2D eigenvalue weighted by Gasteiger charge is -2.03. The Bertz CT molecular complexity index is 778. The van der Waals surface area contributed by atoms with Crippen LogP contribution in [0.25, 0.3) is 11.3 Å². The fourth-order valence-corrected chi connectivity index (χ4v) is 2.32. The Hall–Kier alpha value is -3.09. The summed E-state index contributed by atoms with van der Waals surface area (Å²) in [4.78, 5) is 12.1. The Labute approximate surface area is 139 Å². The molecule has 1 amide bonds. The second kappa shape index (κ2) is 7.45. The SMILES string of the molecule is COc1ccc(-c2cc(C(=O)NCCCn3cccn3)[nH]n2)cc1. The maximum absolute atomic E-state index is 12.1. The van der Waals surface area contributed by atoms with Crippen LogP contribution in [-0.4, -0.2) is 39.5 Å². The predicted octanol–water partition coefficient (Wildman–Crippen LogP) is 2.10. The standard InChI is InChI=1S/C17H19N5O2/c1-24-14-6-4-13(5-7-14)15-12-16(21-20-15)17(23)18-8-2-10-22-11-3-9-19-22/h3-7,9,11-12H,2,8,10H2,1H3,(H,18,23)(H,20,21). The van der Waals surface area contributed by atoms with Crippen LogP contribution in [0.15, 0.2) is 48.8 Å². The Kier molecular flexibility index (Phi) is 4.90. The fourth-order valence-electron chi connectivity index (χ4n) is 2.32. The van der Waals surface area contributed by atoms with Crippen LogP contribution in [0.4, 0.5) is 0 Å². The summed E-state index contributed by atoms with van der Waals surface area (Å²) in [5, 5.41) is 14.0. The molecule has 1 aromatic carbocycles. The van der Waals surface area contributed by atoms with Crippen molar-refractivity contribution in [2.75, 3.05) is 13.7 Å². The van der Waals surface area contributed by atoms with Crippen LogP contribution in [0.2, 0.25) is 0 Å². The zero-order chi connectivity index (χ0) is 16.8. The molecule has 0 saturated heterocycles. The molecule has 2 N–H and O–H groups in total. The average Bonchev–Trinajstić information content (AvgIpc) is 3.30. The van der Waals surface area contributed by atoms with E-state index in [1.165, 1.54) is 0 Å². The number of carbonyl (C=O) groups is 1. The van der Waals surface area contributed by atoms with Crippen molar-refractivity contribution in [3.05, 3.63) is 54.5 Å². The number of aromatic amines is 1. The molecule has 7 heteroatoms. The Morgan fingerprint density at radius 3 is 2.88 bits per heavy atom. The number of nitrogens with zero attached hydrogens (tertiary/aromatic N) is 3. The summed E-state index contributed by atoms with van der Waals surface area (Å²) in [6.07, 6.45) is 4.45. The zero-order valence-electron chi connectivity index (χ0n) is 13.4. The van der Waals surface area contributed by atoms with Gasteiger partial charge in [-0.05, 0) is 42.8 Å². The van der Waals surface area contributed by atoms with Crippen molar-refractivity contribution in [3.63, 3.8) is 0 Å². The van der Waals surface area contributed by atoms with Gasteiger partial charge in [-0.25, -0.2) is 0 Å². The first-order chi connectivity index (χ1) is 11.8. The molecule has 0 saturated carbocycles. The highest BCUT2D eigenvalue weighted by atomic mass is 16.5. The fraction of sp³-hybridized carbons (Fsp3) is 0.235. The summed E-state index contributed by atoms with van der Waals surface area (Å²) in [6, 6.07) is 11.1. The number of hydrogen-bond acceptors (Lipinski definition) is 4. The molecule has 0 bridgehead atoms. The number of hydrogen-bond donors (Lipinski definition) is 2. The highest BCUT2D eigenvalue weighted by molar-refractivity contribution is 5.93. The average molecular weight is 325 g/mol. The van der Waals surface area contributed by atoms with Gasteiger partial charge >= 0.3 is 0 Å². The van der Waals surface area contributed by atoms with Crippen molar-refractivity contribution in [1.29, 1.82) is 0 Å². The summed E-state index contributed by atoms with van der Waals surface area (Å²) in [5.74, 6) is 0.618. The largest absolute Gasteiger partial charge is 0.497 e. The molecule has 0 aliphatic carbocycles. The topological polar surface area (TPSA) is 84.8 Å². The van der Waals surface area contributed by atoms with Crippen molar-refractivity contribution in [3.8, 4) is 17.0 Å². The Morgan fingerprint density at radius 2 is 2.17 bits per heavy atom. The molecule has 0 aliphatic heterocycles. The lowest BCUT2D eigenvalue weighted by Crippen LogP contribution is -2.25.